The van der Waals surface area contributed by atoms with Gasteiger partial charge in [0.05, 0.1) is 5.70 Å². The van der Waals surface area contributed by atoms with Gasteiger partial charge in [-0.1, -0.05) is 61.4 Å². The van der Waals surface area contributed by atoms with Crippen molar-refractivity contribution >= 4 is 5.84 Å². The third-order valence-corrected chi connectivity index (χ3v) is 6.73. The zero-order chi connectivity index (χ0) is 25.6. The van der Waals surface area contributed by atoms with Crippen molar-refractivity contribution in [2.24, 2.45) is 10.4 Å². The van der Waals surface area contributed by atoms with Crippen LogP contribution in [0.3, 0.4) is 0 Å². The van der Waals surface area contributed by atoms with Crippen LogP contribution in [0, 0.1) is 17.8 Å². The van der Waals surface area contributed by atoms with Crippen LogP contribution in [-0.4, -0.2) is 37.4 Å². The van der Waals surface area contributed by atoms with Gasteiger partial charge in [-0.3, -0.25) is 0 Å². The lowest BCUT2D eigenvalue weighted by molar-refractivity contribution is 0.363. The molecule has 0 radical (unpaired) electrons. The summed E-state index contributed by atoms with van der Waals surface area (Å²) in [7, 11) is 2.02. The van der Waals surface area contributed by atoms with Crippen LogP contribution in [0.1, 0.15) is 73.6 Å². The molecule has 0 aliphatic heterocycles. The first-order valence-corrected chi connectivity index (χ1v) is 12.7. The van der Waals surface area contributed by atoms with Gasteiger partial charge < -0.3 is 10.2 Å². The molecule has 0 fully saturated rings. The van der Waals surface area contributed by atoms with Crippen molar-refractivity contribution in [1.29, 1.82) is 0 Å². The Labute approximate surface area is 210 Å². The van der Waals surface area contributed by atoms with Crippen molar-refractivity contribution in [3.63, 3.8) is 0 Å². The number of hydrogen-bond donors (Lipinski definition) is 1. The first kappa shape index (κ1) is 29.5. The quantitative estimate of drug-likeness (QED) is 0.108. The Hall–Kier alpha value is -2.57. The maximum absolute atomic E-state index is 5.57. The fraction of sp³-hybridized carbons (Fsp3) is 0.516. The van der Waals surface area contributed by atoms with Crippen molar-refractivity contribution in [1.82, 2.24) is 10.2 Å². The van der Waals surface area contributed by atoms with Crippen molar-refractivity contribution in [2.45, 2.75) is 73.6 Å². The average molecular weight is 462 g/mol. The normalized spacial score (nSPS) is 20.3. The molecule has 1 atom stereocenters. The number of allylic oxidation sites excluding steroid dienone is 9. The molecule has 0 aromatic carbocycles. The molecular weight excluding hydrogens is 414 g/mol. The molecule has 3 nitrogen and oxygen atoms in total. The van der Waals surface area contributed by atoms with E-state index in [9.17, 15) is 0 Å². The van der Waals surface area contributed by atoms with Gasteiger partial charge in [-0.15, -0.1) is 18.9 Å². The summed E-state index contributed by atoms with van der Waals surface area (Å²) in [5.74, 6) is 3.78. The first-order chi connectivity index (χ1) is 16.3. The lowest BCUT2D eigenvalue weighted by Crippen LogP contribution is -2.29. The number of nitrogens with one attached hydrogen (secondary N) is 1. The molecule has 0 amide bonds. The van der Waals surface area contributed by atoms with Gasteiger partial charge in [0.15, 0.2) is 0 Å². The smallest absolute Gasteiger partial charge is 0.102 e. The highest BCUT2D eigenvalue weighted by Gasteiger charge is 2.33. The second kappa shape index (κ2) is 15.4. The van der Waals surface area contributed by atoms with Gasteiger partial charge in [-0.25, -0.2) is 4.99 Å². The lowest BCUT2D eigenvalue weighted by atomic mass is 9.74. The number of aliphatic imine (C=N–C) groups is 1. The van der Waals surface area contributed by atoms with E-state index in [0.29, 0.717) is 6.42 Å². The van der Waals surface area contributed by atoms with Gasteiger partial charge in [0, 0.05) is 25.9 Å². The molecule has 0 aromatic rings. The predicted octanol–water partition coefficient (Wildman–Crippen LogP) is 7.38. The molecule has 186 valence electrons. The lowest BCUT2D eigenvalue weighted by Gasteiger charge is -2.32. The van der Waals surface area contributed by atoms with E-state index in [-0.39, 0.29) is 5.41 Å². The highest BCUT2D eigenvalue weighted by atomic mass is 15.2. The summed E-state index contributed by atoms with van der Waals surface area (Å²) >= 11 is 0. The second-order valence-corrected chi connectivity index (χ2v) is 9.28. The third-order valence-electron chi connectivity index (χ3n) is 6.73. The van der Waals surface area contributed by atoms with Crippen molar-refractivity contribution in [3.8, 4) is 12.3 Å². The Morgan fingerprint density at radius 3 is 2.62 bits per heavy atom. The minimum Gasteiger partial charge on any atom is -0.357 e. The van der Waals surface area contributed by atoms with Crippen LogP contribution in [0.25, 0.3) is 0 Å². The topological polar surface area (TPSA) is 27.6 Å². The average Bonchev–Trinajstić information content (AvgIpc) is 2.91. The Morgan fingerprint density at radius 1 is 1.32 bits per heavy atom. The van der Waals surface area contributed by atoms with Crippen molar-refractivity contribution in [3.05, 3.63) is 71.0 Å². The van der Waals surface area contributed by atoms with Crippen LogP contribution in [0.5, 0.6) is 0 Å². The van der Waals surface area contributed by atoms with E-state index in [1.807, 2.05) is 13.1 Å². The summed E-state index contributed by atoms with van der Waals surface area (Å²) in [4.78, 5) is 7.53. The highest BCUT2D eigenvalue weighted by molar-refractivity contribution is 5.81. The molecule has 0 saturated heterocycles. The van der Waals surface area contributed by atoms with Crippen LogP contribution in [0.15, 0.2) is 76.0 Å². The van der Waals surface area contributed by atoms with E-state index in [1.165, 1.54) is 22.3 Å². The molecule has 0 spiro atoms. The van der Waals surface area contributed by atoms with Gasteiger partial charge in [0.25, 0.3) is 0 Å². The van der Waals surface area contributed by atoms with Crippen molar-refractivity contribution in [2.75, 3.05) is 26.7 Å². The summed E-state index contributed by atoms with van der Waals surface area (Å²) < 4.78 is 0. The van der Waals surface area contributed by atoms with Crippen LogP contribution in [0.2, 0.25) is 0 Å². The second-order valence-electron chi connectivity index (χ2n) is 9.28. The fourth-order valence-corrected chi connectivity index (χ4v) is 4.57. The van der Waals surface area contributed by atoms with E-state index in [0.717, 1.165) is 56.9 Å². The molecule has 0 aromatic heterocycles. The number of likely N-dealkylation sites (N-methyl/N-ethyl adjacent to an activating group) is 1. The van der Waals surface area contributed by atoms with E-state index in [4.69, 9.17) is 11.4 Å². The summed E-state index contributed by atoms with van der Waals surface area (Å²) in [5, 5.41) is 3.36. The predicted molar refractivity (Wildman–Crippen MR) is 152 cm³/mol. The van der Waals surface area contributed by atoms with Gasteiger partial charge >= 0.3 is 0 Å². The largest absolute Gasteiger partial charge is 0.357 e. The Morgan fingerprint density at radius 2 is 2.06 bits per heavy atom. The van der Waals surface area contributed by atoms with Gasteiger partial charge in [0.2, 0.25) is 0 Å². The molecule has 3 heteroatoms. The molecule has 0 saturated carbocycles. The van der Waals surface area contributed by atoms with E-state index < -0.39 is 0 Å². The summed E-state index contributed by atoms with van der Waals surface area (Å²) in [5.41, 5.74) is 6.56. The maximum atomic E-state index is 5.57. The van der Waals surface area contributed by atoms with E-state index in [2.05, 4.69) is 94.6 Å². The van der Waals surface area contributed by atoms with Gasteiger partial charge in [0.1, 0.15) is 5.84 Å². The first-order valence-electron chi connectivity index (χ1n) is 12.7. The molecule has 1 unspecified atom stereocenters. The zero-order valence-corrected chi connectivity index (χ0v) is 22.8. The zero-order valence-electron chi connectivity index (χ0n) is 22.8. The molecule has 1 aliphatic rings. The van der Waals surface area contributed by atoms with Crippen LogP contribution in [0.4, 0.5) is 0 Å². The molecule has 0 heterocycles. The standard InChI is InChI=1S/C31H47N3/c1-10-15-16-17-29-30(33-26(7)34(14-5)22-11-2)23-28(19-18-27(12-3)13-4)25(6)24-31(29,8)20-21-32-9/h1,11-12,16-19,32H,2,13-15,20-24H2,3-9H3/b17-16+,19-18-,27-12-,33-26-. The third kappa shape index (κ3) is 8.65. The number of rotatable bonds is 12. The summed E-state index contributed by atoms with van der Waals surface area (Å²) in [6.07, 6.45) is 23.2. The Kier molecular flexibility index (Phi) is 13.3. The molecule has 0 bridgehead atoms. The van der Waals surface area contributed by atoms with Crippen LogP contribution < -0.4 is 5.32 Å². The maximum Gasteiger partial charge on any atom is 0.102 e. The Balaban J connectivity index is 3.76. The molecular formula is C31H47N3. The molecule has 1 N–H and O–H groups in total. The summed E-state index contributed by atoms with van der Waals surface area (Å²) in [6, 6.07) is 0. The van der Waals surface area contributed by atoms with Crippen molar-refractivity contribution < 1.29 is 0 Å². The fourth-order valence-electron chi connectivity index (χ4n) is 4.57. The van der Waals surface area contributed by atoms with Crippen LogP contribution in [-0.2, 0) is 0 Å². The molecule has 1 aliphatic carbocycles. The highest BCUT2D eigenvalue weighted by Crippen LogP contribution is 2.45. The number of amidine groups is 1. The minimum absolute atomic E-state index is 0.0312. The van der Waals surface area contributed by atoms with Gasteiger partial charge in [-0.05, 0) is 77.1 Å². The molecule has 34 heavy (non-hydrogen) atoms. The van der Waals surface area contributed by atoms with E-state index in [1.54, 1.807) is 0 Å². The summed E-state index contributed by atoms with van der Waals surface area (Å²) in [6.45, 7) is 19.8. The Bertz CT molecular complexity index is 901. The van der Waals surface area contributed by atoms with Gasteiger partial charge in [-0.2, -0.15) is 0 Å². The van der Waals surface area contributed by atoms with Crippen LogP contribution >= 0.6 is 0 Å². The number of hydrogen-bond acceptors (Lipinski definition) is 2. The number of terminal acetylenes is 1. The minimum atomic E-state index is -0.0312. The monoisotopic (exact) mass is 461 g/mol. The number of nitrogens with zero attached hydrogens (tertiary/aromatic N) is 2. The van der Waals surface area contributed by atoms with E-state index >= 15 is 0 Å². The SMILES string of the molecule is C#CC/C=C/C1=C(/N=C(/C)N(CC)CC=C)CC(/C=C\C(=C/C)CC)=C(C)CC1(C)CCNC. The molecule has 1 rings (SSSR count).